The quantitative estimate of drug-likeness (QED) is 0.854. The van der Waals surface area contributed by atoms with Crippen LogP contribution in [0.3, 0.4) is 0 Å². The van der Waals surface area contributed by atoms with Gasteiger partial charge >= 0.3 is 0 Å². The van der Waals surface area contributed by atoms with Crippen molar-refractivity contribution in [1.29, 1.82) is 0 Å². The molecule has 2 aromatic rings. The van der Waals surface area contributed by atoms with E-state index < -0.39 is 0 Å². The van der Waals surface area contributed by atoms with Gasteiger partial charge in [-0.25, -0.2) is 9.97 Å². The smallest absolute Gasteiger partial charge is 0.156 e. The first-order chi connectivity index (χ1) is 11.8. The second kappa shape index (κ2) is 8.22. The van der Waals surface area contributed by atoms with Crippen LogP contribution in [-0.2, 0) is 30.7 Å². The topological polar surface area (TPSA) is 59.1 Å². The highest BCUT2D eigenvalue weighted by molar-refractivity contribution is 5.48. The molecule has 1 aromatic heterocycles. The number of aromatic nitrogens is 2. The Morgan fingerprint density at radius 2 is 2.00 bits per heavy atom. The normalized spacial score (nSPS) is 14.1. The van der Waals surface area contributed by atoms with Crippen LogP contribution in [-0.4, -0.2) is 29.7 Å². The second-order valence-corrected chi connectivity index (χ2v) is 6.08. The number of aryl methyl sites for hydroxylation is 1. The van der Waals surface area contributed by atoms with Gasteiger partial charge in [-0.2, -0.15) is 0 Å². The number of anilines is 1. The Labute approximate surface area is 143 Å². The van der Waals surface area contributed by atoms with Crippen molar-refractivity contribution >= 4 is 5.82 Å². The van der Waals surface area contributed by atoms with Gasteiger partial charge in [0.1, 0.15) is 12.4 Å². The highest BCUT2D eigenvalue weighted by Gasteiger charge is 2.16. The first kappa shape index (κ1) is 16.9. The number of rotatable bonds is 6. The van der Waals surface area contributed by atoms with E-state index in [1.54, 1.807) is 0 Å². The van der Waals surface area contributed by atoms with Crippen LogP contribution in [0, 0.1) is 6.92 Å². The summed E-state index contributed by atoms with van der Waals surface area (Å²) in [7, 11) is 0. The Morgan fingerprint density at radius 1 is 1.17 bits per heavy atom. The zero-order valence-corrected chi connectivity index (χ0v) is 14.6. The van der Waals surface area contributed by atoms with Crippen molar-refractivity contribution in [3.05, 3.63) is 52.5 Å². The fraction of sp³-hybridized carbons (Fsp3) is 0.474. The molecular formula is C19H26N4O. The van der Waals surface area contributed by atoms with E-state index in [9.17, 15) is 0 Å². The molecule has 0 saturated carbocycles. The lowest BCUT2D eigenvalue weighted by atomic mass is 10.1. The van der Waals surface area contributed by atoms with Crippen molar-refractivity contribution in [2.45, 2.75) is 39.8 Å². The number of fused-ring (bicyclic) bond motifs is 1. The van der Waals surface area contributed by atoms with E-state index in [0.29, 0.717) is 13.2 Å². The maximum absolute atomic E-state index is 5.51. The third kappa shape index (κ3) is 4.10. The zero-order valence-electron chi connectivity index (χ0n) is 14.6. The van der Waals surface area contributed by atoms with Crippen molar-refractivity contribution in [3.8, 4) is 0 Å². The predicted octanol–water partition coefficient (Wildman–Crippen LogP) is 2.62. The van der Waals surface area contributed by atoms with E-state index in [-0.39, 0.29) is 0 Å². The van der Waals surface area contributed by atoms with Crippen LogP contribution in [0.2, 0.25) is 0 Å². The van der Waals surface area contributed by atoms with Gasteiger partial charge in [-0.1, -0.05) is 24.3 Å². The van der Waals surface area contributed by atoms with Crippen LogP contribution in [0.5, 0.6) is 0 Å². The molecule has 0 saturated heterocycles. The number of benzene rings is 1. The molecule has 1 aromatic carbocycles. The molecule has 0 radical (unpaired) electrons. The lowest BCUT2D eigenvalue weighted by molar-refractivity contribution is 0.128. The summed E-state index contributed by atoms with van der Waals surface area (Å²) in [5, 5.41) is 6.98. The molecule has 1 aliphatic rings. The minimum Gasteiger partial charge on any atom is -0.374 e. The number of nitrogens with one attached hydrogen (secondary N) is 2. The van der Waals surface area contributed by atoms with Gasteiger partial charge in [-0.15, -0.1) is 0 Å². The summed E-state index contributed by atoms with van der Waals surface area (Å²) in [6.07, 6.45) is 1.90. The van der Waals surface area contributed by atoms with Crippen LogP contribution >= 0.6 is 0 Å². The van der Waals surface area contributed by atoms with Crippen LogP contribution in [0.15, 0.2) is 24.3 Å². The van der Waals surface area contributed by atoms with Gasteiger partial charge < -0.3 is 15.4 Å². The van der Waals surface area contributed by atoms with Crippen molar-refractivity contribution in [3.63, 3.8) is 0 Å². The highest BCUT2D eigenvalue weighted by atomic mass is 16.5. The third-order valence-electron chi connectivity index (χ3n) is 4.37. The van der Waals surface area contributed by atoms with Crippen LogP contribution < -0.4 is 10.6 Å². The fourth-order valence-electron chi connectivity index (χ4n) is 2.99. The summed E-state index contributed by atoms with van der Waals surface area (Å²) in [6, 6.07) is 8.45. The molecule has 0 bridgehead atoms. The van der Waals surface area contributed by atoms with E-state index in [1.807, 2.05) is 6.92 Å². The van der Waals surface area contributed by atoms with Gasteiger partial charge in [0.05, 0.1) is 5.69 Å². The minimum atomic E-state index is 0.469. The summed E-state index contributed by atoms with van der Waals surface area (Å²) in [4.78, 5) is 9.46. The average Bonchev–Trinajstić information content (AvgIpc) is 2.84. The molecule has 3 rings (SSSR count). The molecule has 0 amide bonds. The molecule has 5 nitrogen and oxygen atoms in total. The fourth-order valence-corrected chi connectivity index (χ4v) is 2.99. The molecule has 5 heteroatoms. The Morgan fingerprint density at radius 3 is 2.83 bits per heavy atom. The largest absolute Gasteiger partial charge is 0.374 e. The third-order valence-corrected chi connectivity index (χ3v) is 4.37. The van der Waals surface area contributed by atoms with Crippen molar-refractivity contribution in [2.24, 2.45) is 0 Å². The van der Waals surface area contributed by atoms with Gasteiger partial charge in [-0.05, 0) is 37.9 Å². The molecule has 2 heterocycles. The summed E-state index contributed by atoms with van der Waals surface area (Å²) in [5.41, 5.74) is 4.98. The molecule has 0 atom stereocenters. The van der Waals surface area contributed by atoms with Gasteiger partial charge in [0.2, 0.25) is 0 Å². The Balaban J connectivity index is 1.85. The minimum absolute atomic E-state index is 0.469. The van der Waals surface area contributed by atoms with E-state index in [0.717, 1.165) is 49.8 Å². The lowest BCUT2D eigenvalue weighted by Crippen LogP contribution is -2.16. The molecule has 0 aliphatic carbocycles. The van der Waals surface area contributed by atoms with Gasteiger partial charge in [-0.3, -0.25) is 0 Å². The van der Waals surface area contributed by atoms with E-state index in [2.05, 4.69) is 41.8 Å². The average molecular weight is 326 g/mol. The number of hydrogen-bond donors (Lipinski definition) is 2. The van der Waals surface area contributed by atoms with Crippen LogP contribution in [0.25, 0.3) is 0 Å². The van der Waals surface area contributed by atoms with Crippen molar-refractivity contribution in [1.82, 2.24) is 15.3 Å². The van der Waals surface area contributed by atoms with Gasteiger partial charge in [0, 0.05) is 31.7 Å². The summed E-state index contributed by atoms with van der Waals surface area (Å²) in [6.45, 7) is 7.99. The predicted molar refractivity (Wildman–Crippen MR) is 96.1 cm³/mol. The van der Waals surface area contributed by atoms with Crippen molar-refractivity contribution in [2.75, 3.05) is 25.0 Å². The molecular weight excluding hydrogens is 300 g/mol. The molecule has 0 spiro atoms. The lowest BCUT2D eigenvalue weighted by Gasteiger charge is -2.15. The first-order valence-electron chi connectivity index (χ1n) is 8.73. The van der Waals surface area contributed by atoms with E-state index in [1.165, 1.54) is 16.7 Å². The summed E-state index contributed by atoms with van der Waals surface area (Å²) < 4.78 is 5.51. The van der Waals surface area contributed by atoms with Crippen LogP contribution in [0.4, 0.5) is 5.82 Å². The molecule has 0 fully saturated rings. The van der Waals surface area contributed by atoms with Crippen molar-refractivity contribution < 1.29 is 4.74 Å². The number of hydrogen-bond acceptors (Lipinski definition) is 5. The molecule has 1 aliphatic heterocycles. The van der Waals surface area contributed by atoms with Gasteiger partial charge in [0.15, 0.2) is 5.82 Å². The maximum atomic E-state index is 5.51. The number of ether oxygens (including phenoxy) is 1. The monoisotopic (exact) mass is 326 g/mol. The standard InChI is InChI=1S/C19H26N4O/c1-3-24-13-18-22-17-9-11-20-10-8-16(17)19(23-18)21-12-15-7-5-4-6-14(15)2/h4-7,20H,3,8-13H2,1-2H3,(H,21,22,23). The van der Waals surface area contributed by atoms with Gasteiger partial charge in [0.25, 0.3) is 0 Å². The zero-order chi connectivity index (χ0) is 16.8. The van der Waals surface area contributed by atoms with E-state index in [4.69, 9.17) is 14.7 Å². The summed E-state index contributed by atoms with van der Waals surface area (Å²) >= 11 is 0. The van der Waals surface area contributed by atoms with E-state index >= 15 is 0 Å². The molecule has 24 heavy (non-hydrogen) atoms. The number of nitrogens with zero attached hydrogens (tertiary/aromatic N) is 2. The molecule has 0 unspecified atom stereocenters. The van der Waals surface area contributed by atoms with Crippen LogP contribution in [0.1, 0.15) is 35.1 Å². The Bertz CT molecular complexity index is 687. The second-order valence-electron chi connectivity index (χ2n) is 6.08. The molecule has 2 N–H and O–H groups in total. The first-order valence-corrected chi connectivity index (χ1v) is 8.73. The molecule has 128 valence electrons. The SMILES string of the molecule is CCOCc1nc2c(c(NCc3ccccc3C)n1)CCNCC2. The Hall–Kier alpha value is -1.98. The maximum Gasteiger partial charge on any atom is 0.156 e. The Kier molecular flexibility index (Phi) is 5.77. The summed E-state index contributed by atoms with van der Waals surface area (Å²) in [5.74, 6) is 1.73. The highest BCUT2D eigenvalue weighted by Crippen LogP contribution is 2.21.